The molecule has 0 unspecified atom stereocenters. The Bertz CT molecular complexity index is 1060. The minimum atomic E-state index is -0.310. The Kier molecular flexibility index (Phi) is 6.79. The number of nitrogens with zero attached hydrogens (tertiary/aromatic N) is 3. The molecule has 0 aliphatic heterocycles. The average Bonchev–Trinajstić information content (AvgIpc) is 3.22. The predicted molar refractivity (Wildman–Crippen MR) is 121 cm³/mol. The lowest BCUT2D eigenvalue weighted by Crippen LogP contribution is -2.28. The van der Waals surface area contributed by atoms with Crippen molar-refractivity contribution in [1.82, 2.24) is 20.2 Å². The summed E-state index contributed by atoms with van der Waals surface area (Å²) in [7, 11) is 3.46. The SMILES string of the molecule is CCNC(=O)Nc1cc(-c2nc(CC)cs2)c(-c2cccc(C(=O)N(C)C)c2)cn1. The van der Waals surface area contributed by atoms with E-state index >= 15 is 0 Å². The van der Waals surface area contributed by atoms with E-state index in [9.17, 15) is 9.59 Å². The van der Waals surface area contributed by atoms with Crippen molar-refractivity contribution in [2.75, 3.05) is 26.0 Å². The van der Waals surface area contributed by atoms with Gasteiger partial charge in [-0.2, -0.15) is 0 Å². The summed E-state index contributed by atoms with van der Waals surface area (Å²) in [4.78, 5) is 35.0. The fraction of sp³-hybridized carbons (Fsp3) is 0.273. The summed E-state index contributed by atoms with van der Waals surface area (Å²) in [5.74, 6) is 0.372. The second-order valence-corrected chi connectivity index (χ2v) is 7.74. The van der Waals surface area contributed by atoms with Crippen LogP contribution in [0.2, 0.25) is 0 Å². The van der Waals surface area contributed by atoms with Gasteiger partial charge in [-0.3, -0.25) is 10.1 Å². The topological polar surface area (TPSA) is 87.2 Å². The molecule has 0 aliphatic carbocycles. The maximum absolute atomic E-state index is 12.4. The quantitative estimate of drug-likeness (QED) is 0.620. The van der Waals surface area contributed by atoms with Gasteiger partial charge in [0.15, 0.2) is 0 Å². The van der Waals surface area contributed by atoms with Crippen LogP contribution in [0.1, 0.15) is 29.9 Å². The summed E-state index contributed by atoms with van der Waals surface area (Å²) in [5, 5.41) is 8.32. The highest BCUT2D eigenvalue weighted by molar-refractivity contribution is 7.13. The highest BCUT2D eigenvalue weighted by Gasteiger charge is 2.16. The molecule has 0 aliphatic rings. The number of hydrogen-bond donors (Lipinski definition) is 2. The number of aromatic nitrogens is 2. The molecule has 0 bridgehead atoms. The summed E-state index contributed by atoms with van der Waals surface area (Å²) in [6, 6.07) is 8.96. The van der Waals surface area contributed by atoms with Crippen molar-refractivity contribution in [1.29, 1.82) is 0 Å². The van der Waals surface area contributed by atoms with E-state index in [4.69, 9.17) is 4.98 Å². The van der Waals surface area contributed by atoms with Gasteiger partial charge >= 0.3 is 6.03 Å². The number of thiazole rings is 1. The number of benzene rings is 1. The molecule has 3 rings (SSSR count). The monoisotopic (exact) mass is 423 g/mol. The maximum Gasteiger partial charge on any atom is 0.320 e. The van der Waals surface area contributed by atoms with Gasteiger partial charge in [0.05, 0.1) is 5.69 Å². The summed E-state index contributed by atoms with van der Waals surface area (Å²) < 4.78 is 0. The van der Waals surface area contributed by atoms with E-state index in [-0.39, 0.29) is 11.9 Å². The Balaban J connectivity index is 2.08. The lowest BCUT2D eigenvalue weighted by Gasteiger charge is -2.13. The highest BCUT2D eigenvalue weighted by atomic mass is 32.1. The molecule has 2 N–H and O–H groups in total. The van der Waals surface area contributed by atoms with Gasteiger partial charge < -0.3 is 10.2 Å². The molecule has 2 heterocycles. The van der Waals surface area contributed by atoms with E-state index in [1.54, 1.807) is 42.6 Å². The van der Waals surface area contributed by atoms with E-state index in [2.05, 4.69) is 22.5 Å². The second-order valence-electron chi connectivity index (χ2n) is 6.88. The van der Waals surface area contributed by atoms with Crippen LogP contribution < -0.4 is 10.6 Å². The molecule has 2 aromatic heterocycles. The molecule has 3 amide bonds. The first-order chi connectivity index (χ1) is 14.4. The van der Waals surface area contributed by atoms with Crippen LogP contribution in [-0.4, -0.2) is 47.4 Å². The van der Waals surface area contributed by atoms with Crippen LogP contribution in [0.3, 0.4) is 0 Å². The van der Waals surface area contributed by atoms with Crippen molar-refractivity contribution in [3.8, 4) is 21.7 Å². The number of rotatable bonds is 6. The van der Waals surface area contributed by atoms with Crippen LogP contribution in [-0.2, 0) is 6.42 Å². The molecule has 156 valence electrons. The molecular weight excluding hydrogens is 398 g/mol. The Morgan fingerprint density at radius 3 is 2.60 bits per heavy atom. The number of urea groups is 1. The average molecular weight is 424 g/mol. The van der Waals surface area contributed by atoms with Crippen molar-refractivity contribution in [2.24, 2.45) is 0 Å². The minimum Gasteiger partial charge on any atom is -0.345 e. The molecule has 0 saturated heterocycles. The molecule has 0 radical (unpaired) electrons. The molecule has 8 heteroatoms. The maximum atomic E-state index is 12.4. The van der Waals surface area contributed by atoms with Crippen LogP contribution in [0.25, 0.3) is 21.7 Å². The number of aryl methyl sites for hydroxylation is 1. The van der Waals surface area contributed by atoms with Gasteiger partial charge in [0, 0.05) is 48.9 Å². The summed E-state index contributed by atoms with van der Waals surface area (Å²) in [5.41, 5.74) is 4.18. The molecule has 7 nitrogen and oxygen atoms in total. The van der Waals surface area contributed by atoms with E-state index in [0.717, 1.165) is 33.8 Å². The van der Waals surface area contributed by atoms with Gasteiger partial charge in [0.25, 0.3) is 5.91 Å². The number of nitrogens with one attached hydrogen (secondary N) is 2. The van der Waals surface area contributed by atoms with Crippen LogP contribution in [0.15, 0.2) is 41.9 Å². The van der Waals surface area contributed by atoms with E-state index < -0.39 is 0 Å². The summed E-state index contributed by atoms with van der Waals surface area (Å²) in [6.07, 6.45) is 2.55. The van der Waals surface area contributed by atoms with E-state index in [1.165, 1.54) is 0 Å². The number of carbonyl (C=O) groups excluding carboxylic acids is 2. The van der Waals surface area contributed by atoms with Gasteiger partial charge in [-0.15, -0.1) is 11.3 Å². The largest absolute Gasteiger partial charge is 0.345 e. The first-order valence-electron chi connectivity index (χ1n) is 9.74. The van der Waals surface area contributed by atoms with E-state index in [0.29, 0.717) is 17.9 Å². The molecule has 0 spiro atoms. The fourth-order valence-electron chi connectivity index (χ4n) is 2.92. The first-order valence-corrected chi connectivity index (χ1v) is 10.6. The Hall–Kier alpha value is -3.26. The van der Waals surface area contributed by atoms with Gasteiger partial charge in [-0.1, -0.05) is 19.1 Å². The number of hydrogen-bond acceptors (Lipinski definition) is 5. The van der Waals surface area contributed by atoms with Gasteiger partial charge in [-0.25, -0.2) is 14.8 Å². The zero-order valence-corrected chi connectivity index (χ0v) is 18.3. The molecule has 3 aromatic rings. The number of carbonyl (C=O) groups is 2. The molecule has 0 saturated carbocycles. The molecule has 1 aromatic carbocycles. The van der Waals surface area contributed by atoms with Crippen LogP contribution in [0.5, 0.6) is 0 Å². The van der Waals surface area contributed by atoms with Crippen molar-refractivity contribution in [3.63, 3.8) is 0 Å². The number of pyridine rings is 1. The van der Waals surface area contributed by atoms with Crippen molar-refractivity contribution >= 4 is 29.1 Å². The fourth-order valence-corrected chi connectivity index (χ4v) is 3.86. The van der Waals surface area contributed by atoms with Crippen LogP contribution in [0, 0.1) is 0 Å². The third-order valence-electron chi connectivity index (χ3n) is 4.45. The van der Waals surface area contributed by atoms with Crippen molar-refractivity contribution in [3.05, 3.63) is 53.2 Å². The number of amides is 3. The lowest BCUT2D eigenvalue weighted by molar-refractivity contribution is 0.0827. The third-order valence-corrected chi connectivity index (χ3v) is 5.38. The molecule has 0 fully saturated rings. The van der Waals surface area contributed by atoms with Crippen LogP contribution in [0.4, 0.5) is 10.6 Å². The lowest BCUT2D eigenvalue weighted by atomic mass is 9.99. The van der Waals surface area contributed by atoms with Gasteiger partial charge in [-0.05, 0) is 37.1 Å². The van der Waals surface area contributed by atoms with Crippen LogP contribution >= 0.6 is 11.3 Å². The second kappa shape index (κ2) is 9.49. The zero-order chi connectivity index (χ0) is 21.7. The Labute approximate surface area is 180 Å². The Morgan fingerprint density at radius 1 is 1.13 bits per heavy atom. The molecular formula is C22H25N5O2S. The first kappa shape index (κ1) is 21.4. The minimum absolute atomic E-state index is 0.0663. The third kappa shape index (κ3) is 4.83. The predicted octanol–water partition coefficient (Wildman–Crippen LogP) is 4.28. The van der Waals surface area contributed by atoms with Crippen molar-refractivity contribution in [2.45, 2.75) is 20.3 Å². The zero-order valence-electron chi connectivity index (χ0n) is 17.5. The van der Waals surface area contributed by atoms with Crippen molar-refractivity contribution < 1.29 is 9.59 Å². The normalized spacial score (nSPS) is 10.5. The standard InChI is InChI=1S/C22H25N5O2S/c1-5-16-13-30-20(25-16)17-11-19(26-22(29)23-6-2)24-12-18(17)14-8-7-9-15(10-14)21(28)27(3)4/h7-13H,5-6H2,1-4H3,(H2,23,24,26,29). The highest BCUT2D eigenvalue weighted by Crippen LogP contribution is 2.35. The summed E-state index contributed by atoms with van der Waals surface area (Å²) >= 11 is 1.55. The smallest absolute Gasteiger partial charge is 0.320 e. The van der Waals surface area contributed by atoms with Gasteiger partial charge in [0.1, 0.15) is 10.8 Å². The molecule has 30 heavy (non-hydrogen) atoms. The number of anilines is 1. The van der Waals surface area contributed by atoms with Gasteiger partial charge in [0.2, 0.25) is 0 Å². The molecule has 0 atom stereocenters. The Morgan fingerprint density at radius 2 is 1.93 bits per heavy atom. The summed E-state index contributed by atoms with van der Waals surface area (Å²) in [6.45, 7) is 4.44. The van der Waals surface area contributed by atoms with E-state index in [1.807, 2.05) is 36.6 Å².